The normalized spacial score (nSPS) is 11.8. The lowest BCUT2D eigenvalue weighted by molar-refractivity contribution is 0.584. The molecule has 1 N–H and O–H groups in total. The number of hydrazone groups is 1. The molecule has 110 valence electrons. The van der Waals surface area contributed by atoms with Gasteiger partial charge in [0.05, 0.1) is 11.1 Å². The average Bonchev–Trinajstić information content (AvgIpc) is 2.43. The maximum atomic E-state index is 13.1. The molecule has 0 aliphatic heterocycles. The molecule has 2 aromatic rings. The third kappa shape index (κ3) is 3.88. The third-order valence-corrected chi connectivity index (χ3v) is 4.19. The summed E-state index contributed by atoms with van der Waals surface area (Å²) in [6.45, 7) is 3.66. The Bertz CT molecular complexity index is 769. The Morgan fingerprint density at radius 1 is 1.10 bits per heavy atom. The van der Waals surface area contributed by atoms with Crippen LogP contribution in [-0.4, -0.2) is 14.6 Å². The molecule has 2 aromatic carbocycles. The summed E-state index contributed by atoms with van der Waals surface area (Å²) >= 11 is 0. The fraction of sp³-hybridized carbons (Fsp3) is 0.133. The van der Waals surface area contributed by atoms with E-state index in [0.717, 1.165) is 11.1 Å². The number of nitrogens with one attached hydrogen (secondary N) is 1. The predicted octanol–water partition coefficient (Wildman–Crippen LogP) is 2.75. The predicted molar refractivity (Wildman–Crippen MR) is 80.2 cm³/mol. The smallest absolute Gasteiger partial charge is 0.207 e. The number of benzene rings is 2. The quantitative estimate of drug-likeness (QED) is 0.697. The van der Waals surface area contributed by atoms with Crippen molar-refractivity contribution in [3.8, 4) is 0 Å². The van der Waals surface area contributed by atoms with E-state index in [1.807, 2.05) is 6.92 Å². The van der Waals surface area contributed by atoms with Crippen molar-refractivity contribution < 1.29 is 12.8 Å². The molecule has 2 rings (SSSR count). The highest BCUT2D eigenvalue weighted by Gasteiger charge is 2.11. The molecule has 21 heavy (non-hydrogen) atoms. The van der Waals surface area contributed by atoms with Crippen LogP contribution in [0.2, 0.25) is 0 Å². The highest BCUT2D eigenvalue weighted by Crippen LogP contribution is 2.10. The number of nitrogens with zero attached hydrogens (tertiary/aromatic N) is 1. The first kappa shape index (κ1) is 15.2. The van der Waals surface area contributed by atoms with E-state index in [1.165, 1.54) is 30.5 Å². The molecule has 6 heteroatoms. The van der Waals surface area contributed by atoms with Gasteiger partial charge in [-0.05, 0) is 43.7 Å². The second-order valence-electron chi connectivity index (χ2n) is 4.67. The monoisotopic (exact) mass is 306 g/mol. The van der Waals surface area contributed by atoms with E-state index in [1.54, 1.807) is 25.1 Å². The molecule has 0 fully saturated rings. The van der Waals surface area contributed by atoms with Crippen LogP contribution in [0.1, 0.15) is 16.7 Å². The number of halogens is 1. The van der Waals surface area contributed by atoms with Gasteiger partial charge < -0.3 is 0 Å². The lowest BCUT2D eigenvalue weighted by Gasteiger charge is -2.04. The van der Waals surface area contributed by atoms with E-state index in [2.05, 4.69) is 9.93 Å². The summed E-state index contributed by atoms with van der Waals surface area (Å²) in [5.41, 5.74) is 2.28. The minimum atomic E-state index is -3.71. The number of hydrogen-bond donors (Lipinski definition) is 1. The van der Waals surface area contributed by atoms with Gasteiger partial charge in [0, 0.05) is 5.56 Å². The SMILES string of the molecule is Cc1ccc(S(=O)(=O)NN=Cc2cc(F)ccc2C)cc1. The minimum Gasteiger partial charge on any atom is -0.207 e. The molecule has 0 saturated heterocycles. The highest BCUT2D eigenvalue weighted by atomic mass is 32.2. The van der Waals surface area contributed by atoms with Crippen molar-refractivity contribution in [3.05, 3.63) is 65.0 Å². The number of rotatable bonds is 4. The van der Waals surface area contributed by atoms with Gasteiger partial charge in [0.15, 0.2) is 0 Å². The summed E-state index contributed by atoms with van der Waals surface area (Å²) < 4.78 is 37.1. The van der Waals surface area contributed by atoms with Gasteiger partial charge >= 0.3 is 0 Å². The Labute approximate surface area is 123 Å². The van der Waals surface area contributed by atoms with Crippen molar-refractivity contribution in [2.24, 2.45) is 5.10 Å². The van der Waals surface area contributed by atoms with Crippen molar-refractivity contribution in [1.82, 2.24) is 4.83 Å². The van der Waals surface area contributed by atoms with Crippen molar-refractivity contribution in [2.45, 2.75) is 18.7 Å². The van der Waals surface area contributed by atoms with E-state index in [-0.39, 0.29) is 4.90 Å². The molecule has 0 spiro atoms. The van der Waals surface area contributed by atoms with Gasteiger partial charge in [-0.15, -0.1) is 0 Å². The highest BCUT2D eigenvalue weighted by molar-refractivity contribution is 7.89. The van der Waals surface area contributed by atoms with E-state index < -0.39 is 15.8 Å². The van der Waals surface area contributed by atoms with Crippen molar-refractivity contribution in [2.75, 3.05) is 0 Å². The van der Waals surface area contributed by atoms with Crippen LogP contribution in [0.3, 0.4) is 0 Å². The van der Waals surface area contributed by atoms with Crippen LogP contribution in [0.15, 0.2) is 52.5 Å². The summed E-state index contributed by atoms with van der Waals surface area (Å²) in [5.74, 6) is -0.400. The molecule has 0 aromatic heterocycles. The molecular weight excluding hydrogens is 291 g/mol. The first-order valence-electron chi connectivity index (χ1n) is 6.26. The fourth-order valence-corrected chi connectivity index (χ4v) is 2.48. The number of aryl methyl sites for hydroxylation is 2. The van der Waals surface area contributed by atoms with Crippen LogP contribution < -0.4 is 4.83 Å². The Morgan fingerprint density at radius 2 is 1.76 bits per heavy atom. The van der Waals surface area contributed by atoms with Gasteiger partial charge in [0.25, 0.3) is 10.0 Å². The fourth-order valence-electron chi connectivity index (χ4n) is 1.69. The van der Waals surface area contributed by atoms with Gasteiger partial charge in [-0.3, -0.25) is 0 Å². The maximum absolute atomic E-state index is 13.1. The minimum absolute atomic E-state index is 0.126. The van der Waals surface area contributed by atoms with Crippen LogP contribution in [0.4, 0.5) is 4.39 Å². The molecule has 0 atom stereocenters. The van der Waals surface area contributed by atoms with Gasteiger partial charge in [0.1, 0.15) is 5.82 Å². The Kier molecular flexibility index (Phi) is 4.37. The summed E-state index contributed by atoms with van der Waals surface area (Å²) in [6, 6.07) is 10.6. The molecule has 0 heterocycles. The average molecular weight is 306 g/mol. The zero-order valence-corrected chi connectivity index (χ0v) is 12.5. The molecular formula is C15H15FN2O2S. The van der Waals surface area contributed by atoms with Crippen molar-refractivity contribution >= 4 is 16.2 Å². The standard InChI is InChI=1S/C15H15FN2O2S/c1-11-3-7-15(8-4-11)21(19,20)18-17-10-13-9-14(16)6-5-12(13)2/h3-10,18H,1-2H3. The molecule has 4 nitrogen and oxygen atoms in total. The molecule has 0 saturated carbocycles. The largest absolute Gasteiger partial charge is 0.276 e. The van der Waals surface area contributed by atoms with Crippen LogP contribution in [0.25, 0.3) is 0 Å². The Morgan fingerprint density at radius 3 is 2.43 bits per heavy atom. The molecule has 0 radical (unpaired) electrons. The maximum Gasteiger partial charge on any atom is 0.276 e. The summed E-state index contributed by atoms with van der Waals surface area (Å²) in [5, 5.41) is 3.68. The van der Waals surface area contributed by atoms with E-state index >= 15 is 0 Å². The molecule has 0 amide bonds. The lowest BCUT2D eigenvalue weighted by Crippen LogP contribution is -2.18. The number of sulfonamides is 1. The molecule has 0 aliphatic rings. The van der Waals surface area contributed by atoms with Crippen LogP contribution >= 0.6 is 0 Å². The molecule has 0 aliphatic carbocycles. The first-order chi connectivity index (χ1) is 9.88. The summed E-state index contributed by atoms with van der Waals surface area (Å²) in [4.78, 5) is 2.24. The summed E-state index contributed by atoms with van der Waals surface area (Å²) in [7, 11) is -3.71. The zero-order valence-electron chi connectivity index (χ0n) is 11.7. The topological polar surface area (TPSA) is 58.5 Å². The van der Waals surface area contributed by atoms with Crippen LogP contribution in [0.5, 0.6) is 0 Å². The second-order valence-corrected chi connectivity index (χ2v) is 6.33. The van der Waals surface area contributed by atoms with E-state index in [4.69, 9.17) is 0 Å². The Balaban J connectivity index is 2.16. The van der Waals surface area contributed by atoms with Gasteiger partial charge in [0.2, 0.25) is 0 Å². The lowest BCUT2D eigenvalue weighted by atomic mass is 10.1. The van der Waals surface area contributed by atoms with E-state index in [0.29, 0.717) is 5.56 Å². The van der Waals surface area contributed by atoms with Crippen LogP contribution in [0, 0.1) is 19.7 Å². The van der Waals surface area contributed by atoms with Crippen molar-refractivity contribution in [1.29, 1.82) is 0 Å². The summed E-state index contributed by atoms with van der Waals surface area (Å²) in [6.07, 6.45) is 1.28. The Hall–Kier alpha value is -2.21. The first-order valence-corrected chi connectivity index (χ1v) is 7.74. The van der Waals surface area contributed by atoms with Gasteiger partial charge in [-0.1, -0.05) is 23.8 Å². The van der Waals surface area contributed by atoms with E-state index in [9.17, 15) is 12.8 Å². The second kappa shape index (κ2) is 6.05. The molecule has 0 bridgehead atoms. The van der Waals surface area contributed by atoms with Crippen LogP contribution in [-0.2, 0) is 10.0 Å². The zero-order chi connectivity index (χ0) is 15.5. The molecule has 0 unspecified atom stereocenters. The van der Waals surface area contributed by atoms with Crippen molar-refractivity contribution in [3.63, 3.8) is 0 Å². The van der Waals surface area contributed by atoms with Gasteiger partial charge in [-0.25, -0.2) is 9.22 Å². The van der Waals surface area contributed by atoms with Gasteiger partial charge in [-0.2, -0.15) is 13.5 Å². The number of hydrogen-bond acceptors (Lipinski definition) is 3. The third-order valence-electron chi connectivity index (χ3n) is 2.95.